The molecule has 3 aromatic rings. The van der Waals surface area contributed by atoms with E-state index in [0.717, 1.165) is 18.5 Å². The Labute approximate surface area is 185 Å². The van der Waals surface area contributed by atoms with Crippen molar-refractivity contribution < 1.29 is 14.3 Å². The lowest BCUT2D eigenvalue weighted by atomic mass is 10.1. The highest BCUT2D eigenvalue weighted by Crippen LogP contribution is 2.29. The number of carbonyl (C=O) groups excluding carboxylic acids is 1. The molecule has 0 saturated carbocycles. The third kappa shape index (κ3) is 5.46. The van der Waals surface area contributed by atoms with Gasteiger partial charge in [-0.1, -0.05) is 29.3 Å². The van der Waals surface area contributed by atoms with E-state index in [9.17, 15) is 4.79 Å². The number of amides is 1. The van der Waals surface area contributed by atoms with Crippen molar-refractivity contribution in [3.63, 3.8) is 0 Å². The Balaban J connectivity index is 1.80. The third-order valence-electron chi connectivity index (χ3n) is 4.68. The van der Waals surface area contributed by atoms with Crippen molar-refractivity contribution in [1.82, 2.24) is 14.5 Å². The second kappa shape index (κ2) is 10.4. The summed E-state index contributed by atoms with van der Waals surface area (Å²) in [7, 11) is 3.18. The fourth-order valence-corrected chi connectivity index (χ4v) is 3.42. The van der Waals surface area contributed by atoms with Gasteiger partial charge >= 0.3 is 0 Å². The van der Waals surface area contributed by atoms with Crippen LogP contribution in [-0.4, -0.2) is 41.1 Å². The van der Waals surface area contributed by atoms with E-state index in [0.29, 0.717) is 40.2 Å². The van der Waals surface area contributed by atoms with Gasteiger partial charge in [0.25, 0.3) is 5.91 Å². The summed E-state index contributed by atoms with van der Waals surface area (Å²) >= 11 is 12.1. The summed E-state index contributed by atoms with van der Waals surface area (Å²) in [5.41, 5.74) is 1.43. The molecule has 1 amide bonds. The molecule has 0 unspecified atom stereocenters. The average molecular weight is 448 g/mol. The maximum Gasteiger partial charge on any atom is 0.254 e. The van der Waals surface area contributed by atoms with Crippen LogP contribution in [0.5, 0.6) is 11.5 Å². The number of methoxy groups -OCH3 is 2. The second-order valence-electron chi connectivity index (χ2n) is 6.70. The van der Waals surface area contributed by atoms with E-state index in [2.05, 4.69) is 4.98 Å². The van der Waals surface area contributed by atoms with Gasteiger partial charge in [0.1, 0.15) is 0 Å². The number of imidazole rings is 1. The summed E-state index contributed by atoms with van der Waals surface area (Å²) in [5.74, 6) is 1.15. The Morgan fingerprint density at radius 3 is 2.53 bits per heavy atom. The lowest BCUT2D eigenvalue weighted by Gasteiger charge is -2.24. The lowest BCUT2D eigenvalue weighted by Crippen LogP contribution is -2.32. The van der Waals surface area contributed by atoms with Crippen molar-refractivity contribution in [3.05, 3.63) is 76.3 Å². The molecule has 0 saturated heterocycles. The molecule has 1 heterocycles. The minimum Gasteiger partial charge on any atom is -0.493 e. The van der Waals surface area contributed by atoms with E-state index in [-0.39, 0.29) is 5.91 Å². The summed E-state index contributed by atoms with van der Waals surface area (Å²) in [5, 5.41) is 0.770. The normalized spacial score (nSPS) is 10.7. The van der Waals surface area contributed by atoms with Crippen molar-refractivity contribution in [2.45, 2.75) is 19.5 Å². The summed E-state index contributed by atoms with van der Waals surface area (Å²) in [6.45, 7) is 1.74. The molecule has 30 heavy (non-hydrogen) atoms. The minimum atomic E-state index is -0.117. The zero-order chi connectivity index (χ0) is 21.5. The number of aryl methyl sites for hydroxylation is 1. The van der Waals surface area contributed by atoms with Gasteiger partial charge in [-0.3, -0.25) is 4.79 Å². The highest BCUT2D eigenvalue weighted by Gasteiger charge is 2.18. The summed E-state index contributed by atoms with van der Waals surface area (Å²) in [4.78, 5) is 19.1. The van der Waals surface area contributed by atoms with Crippen molar-refractivity contribution in [2.75, 3.05) is 20.8 Å². The van der Waals surface area contributed by atoms with Crippen LogP contribution in [0.1, 0.15) is 22.3 Å². The van der Waals surface area contributed by atoms with Crippen LogP contribution >= 0.6 is 23.2 Å². The average Bonchev–Trinajstić information content (AvgIpc) is 3.28. The lowest BCUT2D eigenvalue weighted by molar-refractivity contribution is 0.0739. The van der Waals surface area contributed by atoms with Gasteiger partial charge in [-0.05, 0) is 42.3 Å². The number of rotatable bonds is 9. The topological polar surface area (TPSA) is 56.6 Å². The number of nitrogens with zero attached hydrogens (tertiary/aromatic N) is 3. The van der Waals surface area contributed by atoms with Gasteiger partial charge < -0.3 is 18.9 Å². The van der Waals surface area contributed by atoms with Crippen LogP contribution in [-0.2, 0) is 13.1 Å². The van der Waals surface area contributed by atoms with Crippen molar-refractivity contribution in [2.24, 2.45) is 0 Å². The fraction of sp³-hybridized carbons (Fsp3) is 0.273. The number of ether oxygens (including phenoxy) is 2. The Kier molecular flexibility index (Phi) is 7.60. The first-order valence-electron chi connectivity index (χ1n) is 9.42. The number of hydrogen-bond donors (Lipinski definition) is 0. The third-order valence-corrected chi connectivity index (χ3v) is 5.42. The molecule has 0 atom stereocenters. The van der Waals surface area contributed by atoms with Crippen LogP contribution in [0.3, 0.4) is 0 Å². The molecule has 3 rings (SSSR count). The smallest absolute Gasteiger partial charge is 0.254 e. The first-order valence-corrected chi connectivity index (χ1v) is 10.2. The van der Waals surface area contributed by atoms with Gasteiger partial charge in [0.2, 0.25) is 0 Å². The first-order chi connectivity index (χ1) is 14.5. The van der Waals surface area contributed by atoms with Crippen LogP contribution < -0.4 is 9.47 Å². The maximum absolute atomic E-state index is 13.2. The molecule has 0 aliphatic rings. The monoisotopic (exact) mass is 447 g/mol. The highest BCUT2D eigenvalue weighted by atomic mass is 35.5. The Morgan fingerprint density at radius 1 is 1.07 bits per heavy atom. The van der Waals surface area contributed by atoms with Crippen LogP contribution in [0.2, 0.25) is 10.0 Å². The Morgan fingerprint density at radius 2 is 1.87 bits per heavy atom. The van der Waals surface area contributed by atoms with Gasteiger partial charge in [-0.2, -0.15) is 0 Å². The molecule has 6 nitrogen and oxygen atoms in total. The van der Waals surface area contributed by atoms with E-state index in [1.165, 1.54) is 0 Å². The quantitative estimate of drug-likeness (QED) is 0.466. The minimum absolute atomic E-state index is 0.117. The zero-order valence-electron chi connectivity index (χ0n) is 16.8. The molecule has 2 aromatic carbocycles. The number of hydrogen-bond acceptors (Lipinski definition) is 4. The summed E-state index contributed by atoms with van der Waals surface area (Å²) < 4.78 is 12.7. The molecule has 0 fully saturated rings. The molecule has 0 bridgehead atoms. The molecule has 8 heteroatoms. The van der Waals surface area contributed by atoms with Gasteiger partial charge in [-0.15, -0.1) is 0 Å². The van der Waals surface area contributed by atoms with Gasteiger partial charge in [0.05, 0.1) is 30.6 Å². The molecule has 0 aliphatic carbocycles. The van der Waals surface area contributed by atoms with Gasteiger partial charge in [0.15, 0.2) is 11.5 Å². The zero-order valence-corrected chi connectivity index (χ0v) is 18.4. The number of benzene rings is 2. The Hall–Kier alpha value is -2.70. The van der Waals surface area contributed by atoms with Crippen LogP contribution in [0.25, 0.3) is 0 Å². The number of halogens is 2. The predicted molar refractivity (Wildman–Crippen MR) is 118 cm³/mol. The van der Waals surface area contributed by atoms with Crippen molar-refractivity contribution in [3.8, 4) is 11.5 Å². The summed E-state index contributed by atoms with van der Waals surface area (Å²) in [6.07, 6.45) is 6.18. The van der Waals surface area contributed by atoms with Crippen LogP contribution in [0.15, 0.2) is 55.1 Å². The first kappa shape index (κ1) is 22.0. The maximum atomic E-state index is 13.2. The van der Waals surface area contributed by atoms with Crippen LogP contribution in [0, 0.1) is 0 Å². The standard InChI is InChI=1S/C22H23Cl2N3O3/c1-29-20-7-4-16(12-21(20)30-2)14-27(10-3-9-26-11-8-25-15-26)22(28)17-5-6-18(23)19(24)13-17/h4-8,11-13,15H,3,9-10,14H2,1-2H3. The van der Waals surface area contributed by atoms with E-state index < -0.39 is 0 Å². The molecule has 0 spiro atoms. The molecule has 0 radical (unpaired) electrons. The summed E-state index contributed by atoms with van der Waals surface area (Å²) in [6, 6.07) is 10.6. The molecule has 158 valence electrons. The van der Waals surface area contributed by atoms with Crippen LogP contribution in [0.4, 0.5) is 0 Å². The van der Waals surface area contributed by atoms with Crippen molar-refractivity contribution in [1.29, 1.82) is 0 Å². The van der Waals surface area contributed by atoms with E-state index in [4.69, 9.17) is 32.7 Å². The predicted octanol–water partition coefficient (Wildman–Crippen LogP) is 4.94. The van der Waals surface area contributed by atoms with E-state index in [1.807, 2.05) is 29.0 Å². The molecular formula is C22H23Cl2N3O3. The number of aromatic nitrogens is 2. The molecular weight excluding hydrogens is 425 g/mol. The largest absolute Gasteiger partial charge is 0.493 e. The Bertz CT molecular complexity index is 993. The SMILES string of the molecule is COc1ccc(CN(CCCn2ccnc2)C(=O)c2ccc(Cl)c(Cl)c2)cc1OC. The molecule has 0 N–H and O–H groups in total. The molecule has 0 aliphatic heterocycles. The second-order valence-corrected chi connectivity index (χ2v) is 7.51. The van der Waals surface area contributed by atoms with E-state index in [1.54, 1.807) is 49.8 Å². The van der Waals surface area contributed by atoms with Gasteiger partial charge in [-0.25, -0.2) is 4.98 Å². The molecule has 1 aromatic heterocycles. The fourth-order valence-electron chi connectivity index (χ4n) is 3.13. The van der Waals surface area contributed by atoms with Crippen molar-refractivity contribution >= 4 is 29.1 Å². The van der Waals surface area contributed by atoms with E-state index >= 15 is 0 Å². The van der Waals surface area contributed by atoms with Gasteiger partial charge in [0, 0.05) is 37.6 Å². The highest BCUT2D eigenvalue weighted by molar-refractivity contribution is 6.42. The number of carbonyl (C=O) groups is 1.